The summed E-state index contributed by atoms with van der Waals surface area (Å²) in [4.78, 5) is 16.2. The van der Waals surface area contributed by atoms with E-state index in [1.807, 2.05) is 6.92 Å². The fourth-order valence-corrected chi connectivity index (χ4v) is 1.98. The Morgan fingerprint density at radius 3 is 2.73 bits per heavy atom. The Balaban J connectivity index is 1.76. The van der Waals surface area contributed by atoms with Gasteiger partial charge in [0.15, 0.2) is 17.8 Å². The molecule has 22 heavy (non-hydrogen) atoms. The predicted octanol–water partition coefficient (Wildman–Crippen LogP) is 3.59. The first kappa shape index (κ1) is 13.9. The highest BCUT2D eigenvalue weighted by atomic mass is 16.5. The molecule has 0 atom stereocenters. The molecule has 0 saturated carbocycles. The smallest absolute Gasteiger partial charge is 0.278 e. The third-order valence-electron chi connectivity index (χ3n) is 2.95. The molecule has 3 aromatic rings. The molecule has 0 unspecified atom stereocenters. The van der Waals surface area contributed by atoms with Gasteiger partial charge in [-0.05, 0) is 43.3 Å². The first-order chi connectivity index (χ1) is 10.8. The highest BCUT2D eigenvalue weighted by Gasteiger charge is 2.20. The third kappa shape index (κ3) is 2.85. The van der Waals surface area contributed by atoms with Gasteiger partial charge < -0.3 is 18.9 Å². The lowest BCUT2D eigenvalue weighted by Crippen LogP contribution is -2.13. The van der Waals surface area contributed by atoms with Crippen LogP contribution in [0.3, 0.4) is 0 Å². The quantitative estimate of drug-likeness (QED) is 0.779. The van der Waals surface area contributed by atoms with E-state index in [2.05, 4.69) is 10.3 Å². The summed E-state index contributed by atoms with van der Waals surface area (Å²) >= 11 is 0. The number of carbonyl (C=O) groups is 1. The van der Waals surface area contributed by atoms with E-state index in [1.165, 1.54) is 12.7 Å². The van der Waals surface area contributed by atoms with E-state index in [0.717, 1.165) is 5.75 Å². The fraction of sp³-hybridized carbons (Fsp3) is 0.125. The second kappa shape index (κ2) is 6.17. The first-order valence-corrected chi connectivity index (χ1v) is 6.79. The second-order valence-electron chi connectivity index (χ2n) is 4.42. The van der Waals surface area contributed by atoms with Crippen molar-refractivity contribution in [2.45, 2.75) is 6.92 Å². The molecule has 0 aliphatic carbocycles. The number of hydrogen-bond acceptors (Lipinski definition) is 5. The lowest BCUT2D eigenvalue weighted by Gasteiger charge is -2.06. The van der Waals surface area contributed by atoms with Crippen molar-refractivity contribution in [3.63, 3.8) is 0 Å². The number of ether oxygens (including phenoxy) is 1. The number of carbonyl (C=O) groups excluding carboxylic acids is 1. The number of benzene rings is 1. The van der Waals surface area contributed by atoms with Crippen molar-refractivity contribution in [2.75, 3.05) is 11.9 Å². The van der Waals surface area contributed by atoms with Crippen LogP contribution in [0, 0.1) is 0 Å². The number of nitrogens with zero attached hydrogens (tertiary/aromatic N) is 1. The average Bonchev–Trinajstić information content (AvgIpc) is 3.20. The van der Waals surface area contributed by atoms with Crippen molar-refractivity contribution in [3.05, 3.63) is 54.7 Å². The summed E-state index contributed by atoms with van der Waals surface area (Å²) in [5, 5.41) is 2.76. The molecule has 1 N–H and O–H groups in total. The zero-order valence-electron chi connectivity index (χ0n) is 11.9. The topological polar surface area (TPSA) is 77.5 Å². The molecule has 6 nitrogen and oxygen atoms in total. The van der Waals surface area contributed by atoms with Gasteiger partial charge in [-0.15, -0.1) is 0 Å². The predicted molar refractivity (Wildman–Crippen MR) is 79.8 cm³/mol. The highest BCUT2D eigenvalue weighted by molar-refractivity contribution is 6.06. The summed E-state index contributed by atoms with van der Waals surface area (Å²) in [7, 11) is 0. The molecular weight excluding hydrogens is 284 g/mol. The van der Waals surface area contributed by atoms with E-state index in [-0.39, 0.29) is 11.6 Å². The summed E-state index contributed by atoms with van der Waals surface area (Å²) in [5.41, 5.74) is 0.811. The van der Waals surface area contributed by atoms with Crippen molar-refractivity contribution in [1.29, 1.82) is 0 Å². The van der Waals surface area contributed by atoms with Crippen LogP contribution in [0.2, 0.25) is 0 Å². The van der Waals surface area contributed by atoms with Gasteiger partial charge in [-0.3, -0.25) is 4.79 Å². The number of hydrogen-bond donors (Lipinski definition) is 1. The largest absolute Gasteiger partial charge is 0.494 e. The van der Waals surface area contributed by atoms with E-state index >= 15 is 0 Å². The Bertz CT molecular complexity index is 745. The van der Waals surface area contributed by atoms with Crippen molar-refractivity contribution >= 4 is 11.6 Å². The zero-order chi connectivity index (χ0) is 15.4. The van der Waals surface area contributed by atoms with Crippen molar-refractivity contribution in [2.24, 2.45) is 0 Å². The summed E-state index contributed by atoms with van der Waals surface area (Å²) in [5.74, 6) is 1.13. The van der Waals surface area contributed by atoms with Crippen LogP contribution in [0.5, 0.6) is 5.75 Å². The molecule has 2 heterocycles. The van der Waals surface area contributed by atoms with E-state index in [9.17, 15) is 4.79 Å². The number of furan rings is 1. The zero-order valence-corrected chi connectivity index (χ0v) is 11.9. The number of anilines is 1. The minimum absolute atomic E-state index is 0.170. The molecule has 0 radical (unpaired) electrons. The molecule has 0 fully saturated rings. The Hall–Kier alpha value is -3.02. The minimum Gasteiger partial charge on any atom is -0.494 e. The van der Waals surface area contributed by atoms with E-state index in [1.54, 1.807) is 36.4 Å². The standard InChI is InChI=1S/C16H14N2O4/c1-2-20-12-7-5-11(6-8-12)18-16(19)14-15(22-10-17-14)13-4-3-9-21-13/h3-10H,2H2,1H3,(H,18,19). The first-order valence-electron chi connectivity index (χ1n) is 6.79. The van der Waals surface area contributed by atoms with E-state index in [4.69, 9.17) is 13.6 Å². The average molecular weight is 298 g/mol. The number of rotatable bonds is 5. The van der Waals surface area contributed by atoms with Gasteiger partial charge in [0, 0.05) is 5.69 Å². The molecule has 6 heteroatoms. The van der Waals surface area contributed by atoms with Crippen LogP contribution in [-0.4, -0.2) is 17.5 Å². The van der Waals surface area contributed by atoms with Gasteiger partial charge in [-0.2, -0.15) is 0 Å². The van der Waals surface area contributed by atoms with Crippen LogP contribution in [0.15, 0.2) is 57.9 Å². The second-order valence-corrected chi connectivity index (χ2v) is 4.42. The number of oxazole rings is 1. The Morgan fingerprint density at radius 1 is 1.23 bits per heavy atom. The lowest BCUT2D eigenvalue weighted by molar-refractivity contribution is 0.102. The van der Waals surface area contributed by atoms with Gasteiger partial charge >= 0.3 is 0 Å². The van der Waals surface area contributed by atoms with Crippen molar-refractivity contribution in [1.82, 2.24) is 4.98 Å². The normalized spacial score (nSPS) is 10.4. The summed E-state index contributed by atoms with van der Waals surface area (Å²) < 4.78 is 15.8. The van der Waals surface area contributed by atoms with Crippen LogP contribution in [0.1, 0.15) is 17.4 Å². The van der Waals surface area contributed by atoms with Gasteiger partial charge in [0.25, 0.3) is 5.91 Å². The Morgan fingerprint density at radius 2 is 2.05 bits per heavy atom. The van der Waals surface area contributed by atoms with Crippen molar-refractivity contribution in [3.8, 4) is 17.3 Å². The molecule has 3 rings (SSSR count). The molecule has 1 amide bonds. The van der Waals surface area contributed by atoms with E-state index < -0.39 is 0 Å². The van der Waals surface area contributed by atoms with E-state index in [0.29, 0.717) is 23.8 Å². The Labute approximate surface area is 126 Å². The molecule has 0 spiro atoms. The number of amides is 1. The maximum Gasteiger partial charge on any atom is 0.278 e. The van der Waals surface area contributed by atoms with Crippen LogP contribution in [0.25, 0.3) is 11.5 Å². The molecule has 0 aliphatic rings. The third-order valence-corrected chi connectivity index (χ3v) is 2.95. The van der Waals surface area contributed by atoms with Gasteiger partial charge in [-0.1, -0.05) is 0 Å². The van der Waals surface area contributed by atoms with Crippen LogP contribution in [-0.2, 0) is 0 Å². The summed E-state index contributed by atoms with van der Waals surface area (Å²) in [6.07, 6.45) is 2.72. The molecule has 1 aromatic carbocycles. The molecular formula is C16H14N2O4. The SMILES string of the molecule is CCOc1ccc(NC(=O)c2ncoc2-c2ccco2)cc1. The van der Waals surface area contributed by atoms with Gasteiger partial charge in [0.05, 0.1) is 12.9 Å². The van der Waals surface area contributed by atoms with Crippen molar-refractivity contribution < 1.29 is 18.4 Å². The summed E-state index contributed by atoms with van der Waals surface area (Å²) in [6.45, 7) is 2.51. The van der Waals surface area contributed by atoms with Gasteiger partial charge in [0.2, 0.25) is 5.76 Å². The monoisotopic (exact) mass is 298 g/mol. The van der Waals surface area contributed by atoms with Crippen LogP contribution < -0.4 is 10.1 Å². The Kier molecular flexibility index (Phi) is 3.91. The minimum atomic E-state index is -0.371. The van der Waals surface area contributed by atoms with Gasteiger partial charge in [0.1, 0.15) is 5.75 Å². The fourth-order valence-electron chi connectivity index (χ4n) is 1.98. The molecule has 112 valence electrons. The van der Waals surface area contributed by atoms with Crippen LogP contribution >= 0.6 is 0 Å². The number of aromatic nitrogens is 1. The highest BCUT2D eigenvalue weighted by Crippen LogP contribution is 2.24. The van der Waals surface area contributed by atoms with Gasteiger partial charge in [-0.25, -0.2) is 4.98 Å². The summed E-state index contributed by atoms with van der Waals surface area (Å²) in [6, 6.07) is 10.5. The lowest BCUT2D eigenvalue weighted by atomic mass is 10.2. The molecule has 0 bridgehead atoms. The van der Waals surface area contributed by atoms with Crippen LogP contribution in [0.4, 0.5) is 5.69 Å². The molecule has 0 aliphatic heterocycles. The molecule has 2 aromatic heterocycles. The maximum absolute atomic E-state index is 12.3. The molecule has 0 saturated heterocycles. The maximum atomic E-state index is 12.3. The number of nitrogens with one attached hydrogen (secondary N) is 1.